The van der Waals surface area contributed by atoms with E-state index in [1.165, 1.54) is 60.5 Å². The van der Waals surface area contributed by atoms with E-state index in [9.17, 15) is 0 Å². The first-order valence-electron chi connectivity index (χ1n) is 10.1. The Bertz CT molecular complexity index is 1580. The summed E-state index contributed by atoms with van der Waals surface area (Å²) < 4.78 is 2.40. The van der Waals surface area contributed by atoms with Gasteiger partial charge in [0, 0.05) is 22.0 Å². The molecule has 0 spiro atoms. The third-order valence-corrected chi connectivity index (χ3v) is 6.32. The maximum Gasteiger partial charge on any atom is 0.0547 e. The smallest absolute Gasteiger partial charge is 0.0547 e. The van der Waals surface area contributed by atoms with Gasteiger partial charge in [-0.25, -0.2) is 0 Å². The molecule has 0 amide bonds. The predicted molar refractivity (Wildman–Crippen MR) is 123 cm³/mol. The number of rotatable bonds is 1. The van der Waals surface area contributed by atoms with E-state index < -0.39 is 0 Å². The van der Waals surface area contributed by atoms with Crippen LogP contribution < -0.4 is 0 Å². The first-order chi connectivity index (χ1) is 14.4. The van der Waals surface area contributed by atoms with Gasteiger partial charge >= 0.3 is 0 Å². The van der Waals surface area contributed by atoms with E-state index in [0.29, 0.717) is 0 Å². The van der Waals surface area contributed by atoms with E-state index in [4.69, 9.17) is 0 Å². The topological polar surface area (TPSA) is 4.93 Å². The van der Waals surface area contributed by atoms with Gasteiger partial charge in [0.05, 0.1) is 11.0 Å². The first kappa shape index (κ1) is 15.1. The highest BCUT2D eigenvalue weighted by Gasteiger charge is 2.26. The molecule has 6 aromatic rings. The molecule has 0 aliphatic heterocycles. The molecule has 0 radical (unpaired) electrons. The zero-order valence-electron chi connectivity index (χ0n) is 15.8. The zero-order valence-corrected chi connectivity index (χ0v) is 15.8. The van der Waals surface area contributed by atoms with E-state index in [-0.39, 0.29) is 0 Å². The minimum absolute atomic E-state index is 1.20. The lowest BCUT2D eigenvalue weighted by molar-refractivity contribution is 1.18. The first-order valence-corrected chi connectivity index (χ1v) is 10.1. The van der Waals surface area contributed by atoms with Crippen LogP contribution in [0.3, 0.4) is 0 Å². The molecule has 0 bridgehead atoms. The number of hydrogen-bond acceptors (Lipinski definition) is 0. The third-order valence-electron chi connectivity index (χ3n) is 6.32. The Balaban J connectivity index is 1.73. The predicted octanol–water partition coefficient (Wildman–Crippen LogP) is 7.58. The van der Waals surface area contributed by atoms with E-state index in [2.05, 4.69) is 108 Å². The van der Waals surface area contributed by atoms with Gasteiger partial charge in [-0.05, 0) is 51.7 Å². The molecule has 5 aromatic carbocycles. The van der Waals surface area contributed by atoms with Crippen LogP contribution in [-0.2, 0) is 0 Å². The van der Waals surface area contributed by atoms with Crippen molar-refractivity contribution in [3.63, 3.8) is 0 Å². The summed E-state index contributed by atoms with van der Waals surface area (Å²) in [5, 5.41) is 5.36. The van der Waals surface area contributed by atoms with Crippen LogP contribution in [0.5, 0.6) is 0 Å². The summed E-state index contributed by atoms with van der Waals surface area (Å²) in [5.41, 5.74) is 9.15. The Morgan fingerprint density at radius 3 is 2.07 bits per heavy atom. The van der Waals surface area contributed by atoms with E-state index in [1.807, 2.05) is 0 Å². The minimum Gasteiger partial charge on any atom is -0.309 e. The standard InChI is InChI=1S/C28H17N/c1-2-10-19(11-3-1)29-24-15-5-4-12-22(24)28-25(29)17-16-21-20-13-6-8-18-9-7-14-23(26(18)20)27(21)28/h1-17H. The highest BCUT2D eigenvalue weighted by Crippen LogP contribution is 2.52. The highest BCUT2D eigenvalue weighted by atomic mass is 15.0. The van der Waals surface area contributed by atoms with Crippen molar-refractivity contribution in [2.45, 2.75) is 0 Å². The molecule has 0 atom stereocenters. The lowest BCUT2D eigenvalue weighted by atomic mass is 9.98. The van der Waals surface area contributed by atoms with Gasteiger partial charge in [-0.2, -0.15) is 0 Å². The summed E-state index contributed by atoms with van der Waals surface area (Å²) in [6.45, 7) is 0. The lowest BCUT2D eigenvalue weighted by Gasteiger charge is -2.09. The van der Waals surface area contributed by atoms with Gasteiger partial charge in [0.2, 0.25) is 0 Å². The van der Waals surface area contributed by atoms with Crippen LogP contribution in [0.2, 0.25) is 0 Å². The molecule has 29 heavy (non-hydrogen) atoms. The van der Waals surface area contributed by atoms with Crippen molar-refractivity contribution in [2.24, 2.45) is 0 Å². The van der Waals surface area contributed by atoms with Crippen molar-refractivity contribution in [3.05, 3.63) is 103 Å². The Morgan fingerprint density at radius 1 is 0.448 bits per heavy atom. The molecule has 7 rings (SSSR count). The molecular weight excluding hydrogens is 350 g/mol. The van der Waals surface area contributed by atoms with Crippen LogP contribution >= 0.6 is 0 Å². The summed E-state index contributed by atoms with van der Waals surface area (Å²) in [6.07, 6.45) is 0. The van der Waals surface area contributed by atoms with Crippen LogP contribution in [0.4, 0.5) is 0 Å². The number of benzene rings is 5. The molecule has 1 aliphatic carbocycles. The molecule has 0 unspecified atom stereocenters. The van der Waals surface area contributed by atoms with Gasteiger partial charge in [-0.3, -0.25) is 0 Å². The fourth-order valence-corrected chi connectivity index (χ4v) is 5.19. The third kappa shape index (κ3) is 1.85. The van der Waals surface area contributed by atoms with E-state index >= 15 is 0 Å². The van der Waals surface area contributed by atoms with Crippen molar-refractivity contribution in [3.8, 4) is 27.9 Å². The van der Waals surface area contributed by atoms with Gasteiger partial charge in [0.25, 0.3) is 0 Å². The van der Waals surface area contributed by atoms with Gasteiger partial charge < -0.3 is 4.57 Å². The number of hydrogen-bond donors (Lipinski definition) is 0. The molecule has 1 aromatic heterocycles. The van der Waals surface area contributed by atoms with Crippen molar-refractivity contribution in [1.82, 2.24) is 4.57 Å². The fraction of sp³-hybridized carbons (Fsp3) is 0. The lowest BCUT2D eigenvalue weighted by Crippen LogP contribution is -1.93. The van der Waals surface area contributed by atoms with E-state index in [1.54, 1.807) is 0 Å². The van der Waals surface area contributed by atoms with Crippen LogP contribution in [-0.4, -0.2) is 4.57 Å². The second-order valence-electron chi connectivity index (χ2n) is 7.78. The summed E-state index contributed by atoms with van der Waals surface area (Å²) in [4.78, 5) is 0. The Kier molecular flexibility index (Phi) is 2.80. The summed E-state index contributed by atoms with van der Waals surface area (Å²) in [5.74, 6) is 0. The molecule has 1 aliphatic rings. The van der Waals surface area contributed by atoms with Gasteiger partial charge in [-0.1, -0.05) is 78.9 Å². The number of para-hydroxylation sites is 2. The Morgan fingerprint density at radius 2 is 1.21 bits per heavy atom. The maximum atomic E-state index is 2.40. The molecule has 1 nitrogen and oxygen atoms in total. The Hall–Kier alpha value is -3.84. The molecule has 0 saturated heterocycles. The van der Waals surface area contributed by atoms with Crippen LogP contribution in [0.1, 0.15) is 0 Å². The van der Waals surface area contributed by atoms with Crippen molar-refractivity contribution in [2.75, 3.05) is 0 Å². The van der Waals surface area contributed by atoms with Crippen LogP contribution in [0.25, 0.3) is 60.5 Å². The number of fused-ring (bicyclic) bond motifs is 7. The monoisotopic (exact) mass is 367 g/mol. The van der Waals surface area contributed by atoms with Crippen molar-refractivity contribution in [1.29, 1.82) is 0 Å². The second kappa shape index (κ2) is 5.36. The van der Waals surface area contributed by atoms with Crippen LogP contribution in [0.15, 0.2) is 103 Å². The second-order valence-corrected chi connectivity index (χ2v) is 7.78. The Labute approximate surface area is 168 Å². The zero-order chi connectivity index (χ0) is 18.9. The SMILES string of the molecule is c1ccc(-n2c3ccccc3c3c4c(ccc32)-c2cccc3cccc-4c23)cc1. The molecule has 134 valence electrons. The van der Waals surface area contributed by atoms with Crippen molar-refractivity contribution >= 4 is 32.6 Å². The van der Waals surface area contributed by atoms with Gasteiger partial charge in [-0.15, -0.1) is 0 Å². The van der Waals surface area contributed by atoms with Crippen molar-refractivity contribution < 1.29 is 0 Å². The maximum absolute atomic E-state index is 2.40. The summed E-state index contributed by atoms with van der Waals surface area (Å²) in [6, 6.07) is 37.4. The molecule has 1 heteroatoms. The van der Waals surface area contributed by atoms with Crippen LogP contribution in [0, 0.1) is 0 Å². The average molecular weight is 367 g/mol. The highest BCUT2D eigenvalue weighted by molar-refractivity contribution is 6.26. The average Bonchev–Trinajstić information content (AvgIpc) is 3.29. The molecule has 1 heterocycles. The van der Waals surface area contributed by atoms with E-state index in [0.717, 1.165) is 0 Å². The minimum atomic E-state index is 1.20. The summed E-state index contributed by atoms with van der Waals surface area (Å²) in [7, 11) is 0. The molecule has 0 fully saturated rings. The summed E-state index contributed by atoms with van der Waals surface area (Å²) >= 11 is 0. The van der Waals surface area contributed by atoms with Gasteiger partial charge in [0.1, 0.15) is 0 Å². The normalized spacial score (nSPS) is 12.1. The quantitative estimate of drug-likeness (QED) is 0.282. The molecule has 0 N–H and O–H groups in total. The fourth-order valence-electron chi connectivity index (χ4n) is 5.19. The number of nitrogens with zero attached hydrogens (tertiary/aromatic N) is 1. The molecular formula is C28H17N. The number of aromatic nitrogens is 1. The van der Waals surface area contributed by atoms with Gasteiger partial charge in [0.15, 0.2) is 0 Å². The largest absolute Gasteiger partial charge is 0.309 e. The molecule has 0 saturated carbocycles.